The van der Waals surface area contributed by atoms with Gasteiger partial charge in [-0.25, -0.2) is 4.98 Å². The van der Waals surface area contributed by atoms with Gasteiger partial charge in [0, 0.05) is 36.5 Å². The molecule has 1 saturated heterocycles. The van der Waals surface area contributed by atoms with E-state index in [1.807, 2.05) is 17.9 Å². The number of carbonyl (C=O) groups excluding carboxylic acids is 2. The van der Waals surface area contributed by atoms with Gasteiger partial charge in [-0.05, 0) is 42.8 Å². The van der Waals surface area contributed by atoms with E-state index in [4.69, 9.17) is 20.8 Å². The number of aryl methyl sites for hydroxylation is 1. The number of likely N-dealkylation sites (tertiary alicyclic amines) is 1. The van der Waals surface area contributed by atoms with Crippen LogP contribution in [-0.2, 0) is 0 Å². The maximum Gasteiger partial charge on any atom is 0.253 e. The lowest BCUT2D eigenvalue weighted by atomic mass is 9.82. The number of nitrogens with zero attached hydrogens (tertiary/aromatic N) is 2. The summed E-state index contributed by atoms with van der Waals surface area (Å²) in [5.74, 6) is 0.630. The molecule has 7 heteroatoms. The van der Waals surface area contributed by atoms with Crippen LogP contribution >= 0.6 is 11.6 Å². The molecule has 2 aliphatic heterocycles. The first-order chi connectivity index (χ1) is 13.9. The molecule has 5 rings (SSSR count). The van der Waals surface area contributed by atoms with Crippen LogP contribution in [0, 0.1) is 6.92 Å². The largest absolute Gasteiger partial charge is 0.486 e. The molecule has 1 fully saturated rings. The molecule has 0 N–H and O–H groups in total. The van der Waals surface area contributed by atoms with Crippen molar-refractivity contribution < 1.29 is 18.7 Å². The number of carbonyl (C=O) groups is 2. The van der Waals surface area contributed by atoms with Gasteiger partial charge in [0.05, 0.1) is 12.0 Å². The van der Waals surface area contributed by atoms with Gasteiger partial charge in [-0.15, -0.1) is 0 Å². The third-order valence-electron chi connectivity index (χ3n) is 5.88. The number of aromatic nitrogens is 1. The predicted octanol–water partition coefficient (Wildman–Crippen LogP) is 4.43. The Kier molecular flexibility index (Phi) is 4.13. The quantitative estimate of drug-likeness (QED) is 0.593. The Morgan fingerprint density at radius 2 is 2.00 bits per heavy atom. The summed E-state index contributed by atoms with van der Waals surface area (Å²) in [7, 11) is 0. The maximum atomic E-state index is 12.9. The van der Waals surface area contributed by atoms with Gasteiger partial charge in [-0.2, -0.15) is 0 Å². The van der Waals surface area contributed by atoms with Crippen molar-refractivity contribution in [1.29, 1.82) is 0 Å². The van der Waals surface area contributed by atoms with Gasteiger partial charge in [0.1, 0.15) is 16.9 Å². The zero-order valence-electron chi connectivity index (χ0n) is 15.9. The molecule has 0 atom stereocenters. The van der Waals surface area contributed by atoms with E-state index < -0.39 is 5.60 Å². The number of benzene rings is 2. The SMILES string of the molecule is Cc1cc(Cl)cc2c1OC1(CCN(C(=O)c3ccc4ocnc4c3)CC1)CC2=O. The van der Waals surface area contributed by atoms with E-state index in [1.165, 1.54) is 6.39 Å². The van der Waals surface area contributed by atoms with Crippen LogP contribution in [0.2, 0.25) is 5.02 Å². The molecule has 148 valence electrons. The fourth-order valence-corrected chi connectivity index (χ4v) is 4.56. The van der Waals surface area contributed by atoms with Gasteiger partial charge in [0.15, 0.2) is 17.8 Å². The zero-order valence-corrected chi connectivity index (χ0v) is 16.7. The molecule has 3 aromatic rings. The highest BCUT2D eigenvalue weighted by atomic mass is 35.5. The van der Waals surface area contributed by atoms with E-state index in [-0.39, 0.29) is 11.7 Å². The van der Waals surface area contributed by atoms with Crippen molar-refractivity contribution in [3.8, 4) is 5.75 Å². The van der Waals surface area contributed by atoms with Crippen molar-refractivity contribution >= 4 is 34.4 Å². The monoisotopic (exact) mass is 410 g/mol. The number of rotatable bonds is 1. The van der Waals surface area contributed by atoms with E-state index >= 15 is 0 Å². The molecule has 3 heterocycles. The highest BCUT2D eigenvalue weighted by molar-refractivity contribution is 6.31. The van der Waals surface area contributed by atoms with Gasteiger partial charge in [-0.1, -0.05) is 11.6 Å². The first kappa shape index (κ1) is 18.2. The van der Waals surface area contributed by atoms with Crippen LogP contribution in [0.3, 0.4) is 0 Å². The highest BCUT2D eigenvalue weighted by Crippen LogP contribution is 2.42. The van der Waals surface area contributed by atoms with Gasteiger partial charge < -0.3 is 14.1 Å². The number of oxazole rings is 1. The molecule has 29 heavy (non-hydrogen) atoms. The number of halogens is 1. The Balaban J connectivity index is 1.34. The lowest BCUT2D eigenvalue weighted by Gasteiger charge is -2.44. The van der Waals surface area contributed by atoms with Crippen molar-refractivity contribution in [3.05, 3.63) is 58.4 Å². The Labute approximate surface area is 172 Å². The van der Waals surface area contributed by atoms with Crippen LogP contribution in [-0.4, -0.2) is 40.3 Å². The van der Waals surface area contributed by atoms with Crippen molar-refractivity contribution in [2.45, 2.75) is 31.8 Å². The van der Waals surface area contributed by atoms with Crippen molar-refractivity contribution in [2.75, 3.05) is 13.1 Å². The molecular formula is C22H19ClN2O4. The first-order valence-electron chi connectivity index (χ1n) is 9.59. The van der Waals surface area contributed by atoms with Crippen LogP contribution in [0.1, 0.15) is 45.5 Å². The summed E-state index contributed by atoms with van der Waals surface area (Å²) < 4.78 is 11.6. The number of ketones is 1. The minimum atomic E-state index is -0.560. The van der Waals surface area contributed by atoms with E-state index in [9.17, 15) is 9.59 Å². The molecule has 6 nitrogen and oxygen atoms in total. The molecule has 1 amide bonds. The van der Waals surface area contributed by atoms with Gasteiger partial charge in [0.2, 0.25) is 0 Å². The maximum absolute atomic E-state index is 12.9. The fourth-order valence-electron chi connectivity index (χ4n) is 4.28. The second-order valence-corrected chi connectivity index (χ2v) is 8.25. The first-order valence-corrected chi connectivity index (χ1v) is 9.97. The molecule has 0 aliphatic carbocycles. The van der Waals surface area contributed by atoms with Gasteiger partial charge in [0.25, 0.3) is 5.91 Å². The second-order valence-electron chi connectivity index (χ2n) is 7.81. The van der Waals surface area contributed by atoms with Crippen LogP contribution in [0.15, 0.2) is 41.1 Å². The summed E-state index contributed by atoms with van der Waals surface area (Å²) in [6.45, 7) is 2.96. The van der Waals surface area contributed by atoms with E-state index in [2.05, 4.69) is 4.98 Å². The molecule has 0 unspecified atom stereocenters. The molecule has 0 bridgehead atoms. The Morgan fingerprint density at radius 1 is 1.21 bits per heavy atom. The number of hydrogen-bond donors (Lipinski definition) is 0. The minimum Gasteiger partial charge on any atom is -0.486 e. The minimum absolute atomic E-state index is 0.0461. The summed E-state index contributed by atoms with van der Waals surface area (Å²) in [6, 6.07) is 8.75. The summed E-state index contributed by atoms with van der Waals surface area (Å²) in [4.78, 5) is 31.6. The molecule has 1 aromatic heterocycles. The number of hydrogen-bond acceptors (Lipinski definition) is 5. The highest BCUT2D eigenvalue weighted by Gasteiger charge is 2.44. The van der Waals surface area contributed by atoms with Gasteiger partial charge in [-0.3, -0.25) is 9.59 Å². The van der Waals surface area contributed by atoms with Crippen LogP contribution < -0.4 is 4.74 Å². The van der Waals surface area contributed by atoms with Crippen LogP contribution in [0.4, 0.5) is 0 Å². The fraction of sp³-hybridized carbons (Fsp3) is 0.318. The van der Waals surface area contributed by atoms with Crippen molar-refractivity contribution in [1.82, 2.24) is 9.88 Å². The summed E-state index contributed by atoms with van der Waals surface area (Å²) in [5, 5.41) is 0.540. The topological polar surface area (TPSA) is 72.6 Å². The number of amides is 1. The van der Waals surface area contributed by atoms with E-state index in [0.717, 1.165) is 5.56 Å². The van der Waals surface area contributed by atoms with Crippen LogP contribution in [0.25, 0.3) is 11.1 Å². The number of Topliss-reactive ketones (excluding diaryl/α,β-unsaturated/α-hetero) is 1. The van der Waals surface area contributed by atoms with E-state index in [0.29, 0.717) is 65.4 Å². The van der Waals surface area contributed by atoms with Crippen molar-refractivity contribution in [2.24, 2.45) is 0 Å². The molecular weight excluding hydrogens is 392 g/mol. The number of ether oxygens (including phenoxy) is 1. The third kappa shape index (κ3) is 3.08. The van der Waals surface area contributed by atoms with Crippen LogP contribution in [0.5, 0.6) is 5.75 Å². The lowest BCUT2D eigenvalue weighted by Crippen LogP contribution is -2.52. The third-order valence-corrected chi connectivity index (χ3v) is 6.10. The summed E-state index contributed by atoms with van der Waals surface area (Å²) >= 11 is 6.10. The molecule has 1 spiro atoms. The van der Waals surface area contributed by atoms with E-state index in [1.54, 1.807) is 24.3 Å². The standard InChI is InChI=1S/C22H19ClN2O4/c1-13-8-15(23)10-16-18(26)11-22(29-20(13)16)4-6-25(7-5-22)21(27)14-2-3-19-17(9-14)24-12-28-19/h2-3,8-10,12H,4-7,11H2,1H3. The Morgan fingerprint density at radius 3 is 2.79 bits per heavy atom. The zero-order chi connectivity index (χ0) is 20.2. The van der Waals surface area contributed by atoms with Crippen molar-refractivity contribution in [3.63, 3.8) is 0 Å². The second kappa shape index (κ2) is 6.59. The smallest absolute Gasteiger partial charge is 0.253 e. The average molecular weight is 411 g/mol. The number of fused-ring (bicyclic) bond motifs is 2. The summed E-state index contributed by atoms with van der Waals surface area (Å²) in [5.41, 5.74) is 2.76. The average Bonchev–Trinajstić information content (AvgIpc) is 3.17. The predicted molar refractivity (Wildman–Crippen MR) is 108 cm³/mol. The number of piperidine rings is 1. The molecule has 2 aliphatic rings. The summed E-state index contributed by atoms with van der Waals surface area (Å²) in [6.07, 6.45) is 2.90. The normalized spacial score (nSPS) is 18.0. The van der Waals surface area contributed by atoms with Gasteiger partial charge >= 0.3 is 0 Å². The molecule has 2 aromatic carbocycles. The Hall–Kier alpha value is -2.86. The molecule has 0 radical (unpaired) electrons. The lowest BCUT2D eigenvalue weighted by molar-refractivity contribution is -0.00616. The molecule has 0 saturated carbocycles. The Bertz CT molecular complexity index is 1140.